The van der Waals surface area contributed by atoms with Crippen LogP contribution in [0.3, 0.4) is 0 Å². The molecule has 299 valence electrons. The molecule has 0 atom stereocenters. The van der Waals surface area contributed by atoms with Crippen molar-refractivity contribution in [2.45, 2.75) is 73.0 Å². The van der Waals surface area contributed by atoms with E-state index in [9.17, 15) is 0 Å². The number of hydrogen-bond acceptors (Lipinski definition) is 4. The molecule has 0 N–H and O–H groups in total. The van der Waals surface area contributed by atoms with Crippen molar-refractivity contribution in [2.24, 2.45) is 0 Å². The average Bonchev–Trinajstić information content (AvgIpc) is 3.79. The molecule has 9 rings (SSSR count). The van der Waals surface area contributed by atoms with Gasteiger partial charge in [0, 0.05) is 43.1 Å². The number of para-hydroxylation sites is 1. The van der Waals surface area contributed by atoms with E-state index in [0.29, 0.717) is 0 Å². The molecular weight excluding hydrogens is 917 g/mol. The van der Waals surface area contributed by atoms with E-state index in [0.717, 1.165) is 61.3 Å². The Morgan fingerprint density at radius 1 is 0.678 bits per heavy atom. The van der Waals surface area contributed by atoms with Crippen molar-refractivity contribution in [3.8, 4) is 39.5 Å². The van der Waals surface area contributed by atoms with E-state index in [-0.39, 0.29) is 31.9 Å². The number of aryl methyl sites for hydroxylation is 2. The zero-order chi connectivity index (χ0) is 40.7. The first-order valence-electron chi connectivity index (χ1n) is 20.2. The second-order valence-electron chi connectivity index (χ2n) is 16.9. The number of fused-ring (bicyclic) bond motifs is 4. The third-order valence-electron chi connectivity index (χ3n) is 10.9. The fraction of sp³-hybridized carbons (Fsp3) is 0.212. The molecule has 7 heteroatoms. The van der Waals surface area contributed by atoms with Crippen molar-refractivity contribution in [3.63, 3.8) is 0 Å². The number of rotatable bonds is 7. The number of nitrogens with zero attached hydrogens (tertiary/aromatic N) is 4. The monoisotopic (exact) mass is 967 g/mol. The number of furan rings is 1. The fourth-order valence-electron chi connectivity index (χ4n) is 7.99. The van der Waals surface area contributed by atoms with Crippen molar-refractivity contribution in [1.29, 1.82) is 0 Å². The minimum atomic E-state index is -1.27. The molecule has 0 spiro atoms. The van der Waals surface area contributed by atoms with Gasteiger partial charge in [-0.2, -0.15) is 0 Å². The van der Waals surface area contributed by atoms with Crippen LogP contribution >= 0.6 is 0 Å². The van der Waals surface area contributed by atoms with Gasteiger partial charge in [-0.25, -0.2) is 0 Å². The summed E-state index contributed by atoms with van der Waals surface area (Å²) in [4.78, 5) is 14.4. The van der Waals surface area contributed by atoms with Crippen LogP contribution in [0, 0.1) is 26.0 Å². The summed E-state index contributed by atoms with van der Waals surface area (Å²) in [5, 5.41) is 3.60. The summed E-state index contributed by atoms with van der Waals surface area (Å²) in [6.45, 7) is 20.4. The Hall–Kier alpha value is -5.46. The zero-order valence-corrected chi connectivity index (χ0v) is 38.7. The molecule has 0 aliphatic rings. The summed E-state index contributed by atoms with van der Waals surface area (Å²) in [6, 6.07) is 46.7. The second kappa shape index (κ2) is 17.0. The van der Waals surface area contributed by atoms with Crippen molar-refractivity contribution < 1.29 is 24.5 Å². The van der Waals surface area contributed by atoms with Gasteiger partial charge in [0.15, 0.2) is 0 Å². The minimum absolute atomic E-state index is 0. The zero-order valence-electron chi connectivity index (χ0n) is 35.3. The van der Waals surface area contributed by atoms with Crippen molar-refractivity contribution in [1.82, 2.24) is 19.5 Å². The SMILES string of the molecule is Cc1cc(-c2[c-]cccc2)ncc1[Si](C)(C)C.Cc1cc2c(cn1)nc(-c1[c-]ccc3c1oc1ccccc13)n2-c1c(C(C)C)cc(-c2ccccc2)cc1C(C)C.[Ir]. The Kier molecular flexibility index (Phi) is 12.0. The van der Waals surface area contributed by atoms with E-state index >= 15 is 0 Å². The van der Waals surface area contributed by atoms with E-state index in [1.165, 1.54) is 38.7 Å². The van der Waals surface area contributed by atoms with E-state index in [1.807, 2.05) is 49.5 Å². The molecule has 5 nitrogen and oxygen atoms in total. The number of hydrogen-bond donors (Lipinski definition) is 0. The molecule has 0 saturated carbocycles. The predicted molar refractivity (Wildman–Crippen MR) is 245 cm³/mol. The second-order valence-corrected chi connectivity index (χ2v) is 21.9. The molecule has 9 aromatic rings. The molecule has 0 amide bonds. The molecule has 0 bridgehead atoms. The normalized spacial score (nSPS) is 11.6. The van der Waals surface area contributed by atoms with Gasteiger partial charge >= 0.3 is 0 Å². The van der Waals surface area contributed by atoms with Gasteiger partial charge < -0.3 is 14.0 Å². The summed E-state index contributed by atoms with van der Waals surface area (Å²) >= 11 is 0. The smallest absolute Gasteiger partial charge is 0.120 e. The number of imidazole rings is 1. The standard InChI is InChI=1S/C37H32N3O.C15H18NSi.Ir/c1-22(2)30-19-26(25-12-7-6-8-13-25)20-31(23(3)4)35(30)40-33-18-24(5)38-21-32(33)39-37(40)29-16-11-15-28-27-14-9-10-17-34(27)41-36(28)29;1-12-10-14(13-8-6-5-7-9-13)16-11-15(12)17(2,3)4;/h6-15,17-23H,1-5H3;5-8,10-11H,1-4H3;/q2*-1;. The van der Waals surface area contributed by atoms with Gasteiger partial charge in [0.05, 0.1) is 36.7 Å². The van der Waals surface area contributed by atoms with Crippen LogP contribution in [0.2, 0.25) is 19.6 Å². The van der Waals surface area contributed by atoms with E-state index < -0.39 is 8.07 Å². The molecule has 0 unspecified atom stereocenters. The topological polar surface area (TPSA) is 56.7 Å². The van der Waals surface area contributed by atoms with Gasteiger partial charge in [-0.1, -0.05) is 118 Å². The molecule has 4 heterocycles. The van der Waals surface area contributed by atoms with Gasteiger partial charge in [0.2, 0.25) is 0 Å². The number of aromatic nitrogens is 4. The van der Waals surface area contributed by atoms with Gasteiger partial charge in [-0.05, 0) is 83.1 Å². The number of pyridine rings is 2. The third-order valence-corrected chi connectivity index (χ3v) is 13.0. The maximum absolute atomic E-state index is 6.48. The first kappa shape index (κ1) is 41.7. The van der Waals surface area contributed by atoms with Crippen molar-refractivity contribution in [3.05, 3.63) is 162 Å². The van der Waals surface area contributed by atoms with Gasteiger partial charge in [0.1, 0.15) is 5.58 Å². The molecule has 0 fully saturated rings. The van der Waals surface area contributed by atoms with E-state index in [4.69, 9.17) is 9.40 Å². The van der Waals surface area contributed by atoms with Crippen LogP contribution in [0.25, 0.3) is 72.4 Å². The summed E-state index contributed by atoms with van der Waals surface area (Å²) in [6.07, 6.45) is 3.93. The summed E-state index contributed by atoms with van der Waals surface area (Å²) in [5.41, 5.74) is 15.0. The fourth-order valence-corrected chi connectivity index (χ4v) is 9.70. The van der Waals surface area contributed by atoms with Crippen LogP contribution in [-0.4, -0.2) is 27.6 Å². The molecule has 0 aliphatic carbocycles. The van der Waals surface area contributed by atoms with Crippen molar-refractivity contribution >= 4 is 46.2 Å². The van der Waals surface area contributed by atoms with E-state index in [1.54, 1.807) is 0 Å². The average molecular weight is 967 g/mol. The molecule has 1 radical (unpaired) electrons. The quantitative estimate of drug-likeness (QED) is 0.118. The Morgan fingerprint density at radius 3 is 2.03 bits per heavy atom. The molecule has 0 aliphatic heterocycles. The molecule has 4 aromatic heterocycles. The van der Waals surface area contributed by atoms with Gasteiger partial charge in [0.25, 0.3) is 0 Å². The molecule has 5 aromatic carbocycles. The maximum Gasteiger partial charge on any atom is 0.120 e. The van der Waals surface area contributed by atoms with Crippen LogP contribution in [0.4, 0.5) is 0 Å². The Morgan fingerprint density at radius 2 is 1.37 bits per heavy atom. The van der Waals surface area contributed by atoms with Crippen LogP contribution in [0.1, 0.15) is 61.9 Å². The van der Waals surface area contributed by atoms with Gasteiger partial charge in [-0.3, -0.25) is 9.97 Å². The largest absolute Gasteiger partial charge is 0.501 e. The summed E-state index contributed by atoms with van der Waals surface area (Å²) in [5.74, 6) is 1.38. The molecular formula is C52H50IrN4OSi-2. The Labute approximate surface area is 363 Å². The molecule has 0 saturated heterocycles. The van der Waals surface area contributed by atoms with Crippen LogP contribution < -0.4 is 5.19 Å². The first-order chi connectivity index (χ1) is 27.9. The van der Waals surface area contributed by atoms with Crippen LogP contribution in [0.5, 0.6) is 0 Å². The van der Waals surface area contributed by atoms with Crippen molar-refractivity contribution in [2.75, 3.05) is 0 Å². The molecule has 59 heavy (non-hydrogen) atoms. The summed E-state index contributed by atoms with van der Waals surface area (Å²) < 4.78 is 8.82. The first-order valence-corrected chi connectivity index (χ1v) is 23.7. The van der Waals surface area contributed by atoms with E-state index in [2.05, 4.69) is 166 Å². The summed E-state index contributed by atoms with van der Waals surface area (Å²) in [7, 11) is -1.27. The number of benzene rings is 5. The Bertz CT molecular complexity index is 2880. The van der Waals surface area contributed by atoms with Crippen LogP contribution in [0.15, 0.2) is 132 Å². The maximum atomic E-state index is 6.48. The van der Waals surface area contributed by atoms with Crippen LogP contribution in [-0.2, 0) is 20.1 Å². The van der Waals surface area contributed by atoms with Gasteiger partial charge in [-0.15, -0.1) is 54.1 Å². The third kappa shape index (κ3) is 8.25. The minimum Gasteiger partial charge on any atom is -0.501 e. The predicted octanol–water partition coefficient (Wildman–Crippen LogP) is 13.4. The Balaban J connectivity index is 0.000000247.